The number of carbonyl (C=O) groups excluding carboxylic acids is 1. The zero-order valence-electron chi connectivity index (χ0n) is 15.9. The van der Waals surface area contributed by atoms with Crippen LogP contribution < -0.4 is 10.2 Å². The fraction of sp³-hybridized carbons (Fsp3) is 0.500. The van der Waals surface area contributed by atoms with Crippen LogP contribution in [-0.2, 0) is 4.79 Å². The highest BCUT2D eigenvalue weighted by molar-refractivity contribution is 7.99. The van der Waals surface area contributed by atoms with E-state index < -0.39 is 0 Å². The van der Waals surface area contributed by atoms with Gasteiger partial charge in [0.15, 0.2) is 11.0 Å². The van der Waals surface area contributed by atoms with Gasteiger partial charge in [-0.2, -0.15) is 0 Å². The molecule has 1 aromatic carbocycles. The number of amides is 1. The van der Waals surface area contributed by atoms with Gasteiger partial charge in [-0.05, 0) is 44.5 Å². The van der Waals surface area contributed by atoms with Gasteiger partial charge >= 0.3 is 0 Å². The van der Waals surface area contributed by atoms with Crippen LogP contribution in [0, 0.1) is 5.82 Å². The van der Waals surface area contributed by atoms with Gasteiger partial charge in [-0.1, -0.05) is 18.7 Å². The monoisotopic (exact) mass is 380 g/mol. The topological polar surface area (TPSA) is 64.2 Å². The van der Waals surface area contributed by atoms with Gasteiger partial charge in [0.05, 0.1) is 19.8 Å². The number of nitrogens with zero attached hydrogens (tertiary/aromatic N) is 3. The van der Waals surface area contributed by atoms with Crippen LogP contribution in [0.25, 0.3) is 5.69 Å². The van der Waals surface area contributed by atoms with Crippen molar-refractivity contribution in [3.05, 3.63) is 35.9 Å². The number of nitrogens with one attached hydrogen (secondary N) is 2. The Balaban J connectivity index is 2.28. The average molecular weight is 381 g/mol. The minimum Gasteiger partial charge on any atom is -0.353 e. The molecule has 0 aliphatic carbocycles. The predicted molar refractivity (Wildman–Crippen MR) is 101 cm³/mol. The lowest BCUT2D eigenvalue weighted by atomic mass is 10.2. The summed E-state index contributed by atoms with van der Waals surface area (Å²) in [5.41, 5.74) is 0.782. The Labute approximate surface area is 158 Å². The standard InChI is InChI=1S/C18H26FN5OS/c1-6-12(2)20-16(25)11-26-18-22-21-17(13(3)23(4)5)24(18)15-9-7-14(19)8-10-15/h7-10,12-13H,6,11H2,1-5H3,(H,20,25)/p+1/t12-,13+/m1/s1. The first-order chi connectivity index (χ1) is 12.3. The van der Waals surface area contributed by atoms with E-state index in [1.54, 1.807) is 12.1 Å². The summed E-state index contributed by atoms with van der Waals surface area (Å²) in [6, 6.07) is 6.46. The largest absolute Gasteiger partial charge is 0.353 e. The molecule has 0 radical (unpaired) electrons. The first-order valence-electron chi connectivity index (χ1n) is 8.76. The van der Waals surface area contributed by atoms with Crippen LogP contribution in [0.5, 0.6) is 0 Å². The molecule has 2 N–H and O–H groups in total. The first-order valence-corrected chi connectivity index (χ1v) is 9.75. The lowest BCUT2D eigenvalue weighted by Gasteiger charge is -2.18. The molecule has 0 spiro atoms. The highest BCUT2D eigenvalue weighted by Crippen LogP contribution is 2.24. The number of halogens is 1. The van der Waals surface area contributed by atoms with Crippen LogP contribution in [0.15, 0.2) is 29.4 Å². The molecule has 0 fully saturated rings. The molecule has 2 rings (SSSR count). The minimum atomic E-state index is -0.295. The lowest BCUT2D eigenvalue weighted by Crippen LogP contribution is -3.05. The number of hydrogen-bond donors (Lipinski definition) is 2. The molecule has 1 heterocycles. The lowest BCUT2D eigenvalue weighted by molar-refractivity contribution is -0.890. The zero-order chi connectivity index (χ0) is 19.3. The molecule has 0 aliphatic rings. The second-order valence-corrected chi connectivity index (χ2v) is 7.56. The van der Waals surface area contributed by atoms with Crippen LogP contribution in [0.4, 0.5) is 4.39 Å². The SMILES string of the molecule is CC[C@@H](C)NC(=O)CSc1nnc([C@H](C)[NH+](C)C)n1-c1ccc(F)cc1. The van der Waals surface area contributed by atoms with Gasteiger partial charge in [0.2, 0.25) is 5.91 Å². The molecule has 142 valence electrons. The van der Waals surface area contributed by atoms with E-state index in [1.165, 1.54) is 28.8 Å². The molecular weight excluding hydrogens is 353 g/mol. The predicted octanol–water partition coefficient (Wildman–Crippen LogP) is 1.62. The van der Waals surface area contributed by atoms with E-state index in [1.807, 2.05) is 32.5 Å². The summed E-state index contributed by atoms with van der Waals surface area (Å²) in [7, 11) is 4.08. The van der Waals surface area contributed by atoms with Crippen molar-refractivity contribution in [3.63, 3.8) is 0 Å². The van der Waals surface area contributed by atoms with Gasteiger partial charge in [-0.15, -0.1) is 10.2 Å². The number of carbonyl (C=O) groups is 1. The molecule has 0 saturated heterocycles. The van der Waals surface area contributed by atoms with Crippen LogP contribution in [0.2, 0.25) is 0 Å². The van der Waals surface area contributed by atoms with Gasteiger partial charge in [0.25, 0.3) is 0 Å². The highest BCUT2D eigenvalue weighted by atomic mass is 32.2. The Morgan fingerprint density at radius 2 is 1.92 bits per heavy atom. The van der Waals surface area contributed by atoms with Crippen molar-refractivity contribution < 1.29 is 14.1 Å². The van der Waals surface area contributed by atoms with Crippen molar-refractivity contribution in [2.75, 3.05) is 19.8 Å². The average Bonchev–Trinajstić information content (AvgIpc) is 3.03. The second kappa shape index (κ2) is 9.14. The Hall–Kier alpha value is -1.93. The van der Waals surface area contributed by atoms with Gasteiger partial charge in [0.1, 0.15) is 11.9 Å². The van der Waals surface area contributed by atoms with E-state index in [-0.39, 0.29) is 29.6 Å². The molecule has 6 nitrogen and oxygen atoms in total. The molecule has 0 unspecified atom stereocenters. The molecule has 0 bridgehead atoms. The van der Waals surface area contributed by atoms with Crippen molar-refractivity contribution in [2.24, 2.45) is 0 Å². The third-order valence-electron chi connectivity index (χ3n) is 4.35. The van der Waals surface area contributed by atoms with Crippen molar-refractivity contribution in [3.8, 4) is 5.69 Å². The second-order valence-electron chi connectivity index (χ2n) is 6.62. The highest BCUT2D eigenvalue weighted by Gasteiger charge is 2.24. The third-order valence-corrected chi connectivity index (χ3v) is 5.28. The van der Waals surface area contributed by atoms with Gasteiger partial charge < -0.3 is 10.2 Å². The Morgan fingerprint density at radius 3 is 2.50 bits per heavy atom. The zero-order valence-corrected chi connectivity index (χ0v) is 16.7. The summed E-state index contributed by atoms with van der Waals surface area (Å²) in [6.45, 7) is 6.06. The van der Waals surface area contributed by atoms with Crippen molar-refractivity contribution in [1.82, 2.24) is 20.1 Å². The van der Waals surface area contributed by atoms with E-state index >= 15 is 0 Å². The van der Waals surface area contributed by atoms with Crippen LogP contribution in [0.3, 0.4) is 0 Å². The van der Waals surface area contributed by atoms with E-state index in [0.29, 0.717) is 5.16 Å². The van der Waals surface area contributed by atoms with Crippen LogP contribution >= 0.6 is 11.8 Å². The molecule has 2 aromatic rings. The Bertz CT molecular complexity index is 732. The van der Waals surface area contributed by atoms with Gasteiger partial charge in [-0.25, -0.2) is 4.39 Å². The van der Waals surface area contributed by atoms with Gasteiger partial charge in [0, 0.05) is 11.7 Å². The van der Waals surface area contributed by atoms with Crippen molar-refractivity contribution in [2.45, 2.75) is 44.4 Å². The molecule has 1 aromatic heterocycles. The molecule has 0 aliphatic heterocycles. The number of hydrogen-bond acceptors (Lipinski definition) is 4. The van der Waals surface area contributed by atoms with E-state index in [4.69, 9.17) is 0 Å². The van der Waals surface area contributed by atoms with Crippen LogP contribution in [0.1, 0.15) is 39.1 Å². The number of quaternary nitrogens is 1. The fourth-order valence-corrected chi connectivity index (χ4v) is 3.06. The third kappa shape index (κ3) is 5.04. The minimum absolute atomic E-state index is 0.0363. The fourth-order valence-electron chi connectivity index (χ4n) is 2.29. The maximum atomic E-state index is 13.3. The number of rotatable bonds is 8. The number of aromatic nitrogens is 3. The summed E-state index contributed by atoms with van der Waals surface area (Å²) in [5.74, 6) is 0.705. The molecule has 26 heavy (non-hydrogen) atoms. The molecular formula is C18H27FN5OS+. The summed E-state index contributed by atoms with van der Waals surface area (Å²) >= 11 is 1.33. The number of benzene rings is 1. The van der Waals surface area contributed by atoms with Gasteiger partial charge in [-0.3, -0.25) is 9.36 Å². The number of thioether (sulfide) groups is 1. The smallest absolute Gasteiger partial charge is 0.230 e. The maximum Gasteiger partial charge on any atom is 0.230 e. The summed E-state index contributed by atoms with van der Waals surface area (Å²) < 4.78 is 15.2. The molecule has 8 heteroatoms. The Morgan fingerprint density at radius 1 is 1.27 bits per heavy atom. The summed E-state index contributed by atoms with van der Waals surface area (Å²) in [6.07, 6.45) is 0.884. The summed E-state index contributed by atoms with van der Waals surface area (Å²) in [4.78, 5) is 13.3. The normalized spacial score (nSPS) is 13.7. The van der Waals surface area contributed by atoms with E-state index in [2.05, 4.69) is 22.4 Å². The molecule has 2 atom stereocenters. The quantitative estimate of drug-likeness (QED) is 0.683. The maximum absolute atomic E-state index is 13.3. The van der Waals surface area contributed by atoms with Crippen molar-refractivity contribution in [1.29, 1.82) is 0 Å². The van der Waals surface area contributed by atoms with E-state index in [9.17, 15) is 9.18 Å². The summed E-state index contributed by atoms with van der Waals surface area (Å²) in [5, 5.41) is 12.2. The van der Waals surface area contributed by atoms with Crippen molar-refractivity contribution >= 4 is 17.7 Å². The van der Waals surface area contributed by atoms with Crippen LogP contribution in [-0.4, -0.2) is 46.6 Å². The Kier molecular flexibility index (Phi) is 7.16. The molecule has 0 saturated carbocycles. The molecule has 1 amide bonds. The first kappa shape index (κ1) is 20.4. The van der Waals surface area contributed by atoms with E-state index in [0.717, 1.165) is 17.9 Å².